The van der Waals surface area contributed by atoms with Crippen LogP contribution in [0.25, 0.3) is 10.2 Å². The molecule has 2 unspecified atom stereocenters. The van der Waals surface area contributed by atoms with Gasteiger partial charge in [0.15, 0.2) is 0 Å². The Morgan fingerprint density at radius 1 is 0.577 bits per heavy atom. The largest absolute Gasteiger partial charge is 0.493 e. The molecule has 0 bridgehead atoms. The van der Waals surface area contributed by atoms with Crippen LogP contribution in [0.4, 0.5) is 5.13 Å². The van der Waals surface area contributed by atoms with Gasteiger partial charge in [-0.25, -0.2) is 33.8 Å². The molecule has 1 N–H and O–H groups in total. The van der Waals surface area contributed by atoms with E-state index < -0.39 is 48.0 Å². The molecule has 1 aromatic heterocycles. The number of aromatic nitrogens is 1. The van der Waals surface area contributed by atoms with E-state index in [9.17, 15) is 28.8 Å². The van der Waals surface area contributed by atoms with Gasteiger partial charge in [0.05, 0.1) is 73.8 Å². The lowest BCUT2D eigenvalue weighted by Crippen LogP contribution is -2.25. The first kappa shape index (κ1) is 60.4. The number of esters is 6. The van der Waals surface area contributed by atoms with Crippen LogP contribution >= 0.6 is 11.3 Å². The minimum absolute atomic E-state index is 0.0349. The molecular weight excluding hydrogens is 1030 g/mol. The molecule has 5 rings (SSSR count). The summed E-state index contributed by atoms with van der Waals surface area (Å²) in [4.78, 5) is 77.4. The molecule has 4 aromatic carbocycles. The zero-order valence-electron chi connectivity index (χ0n) is 43.2. The molecule has 412 valence electrons. The first-order chi connectivity index (χ1) is 38.0. The maximum Gasteiger partial charge on any atom is 0.343 e. The lowest BCUT2D eigenvalue weighted by molar-refractivity contribution is -0.147. The van der Waals surface area contributed by atoms with Crippen LogP contribution in [0.1, 0.15) is 70.4 Å². The number of fused-ring (bicyclic) bond motifs is 1. The van der Waals surface area contributed by atoms with Crippen LogP contribution < -0.4 is 19.6 Å². The molecule has 1 heterocycles. The van der Waals surface area contributed by atoms with Gasteiger partial charge in [-0.05, 0) is 104 Å². The number of carbonyl (C=O) groups excluding carboxylic acids is 6. The fraction of sp³-hybridized carbons (Fsp3) is 0.310. The van der Waals surface area contributed by atoms with Crippen LogP contribution in [0.15, 0.2) is 147 Å². The number of carbonyl (C=O) groups is 6. The summed E-state index contributed by atoms with van der Waals surface area (Å²) in [6.45, 7) is 15.5. The molecule has 0 aliphatic heterocycles. The van der Waals surface area contributed by atoms with Crippen LogP contribution in [-0.4, -0.2) is 119 Å². The van der Waals surface area contributed by atoms with Crippen molar-refractivity contribution in [2.75, 3.05) is 64.9 Å². The number of ether oxygens (including phenoxy) is 10. The van der Waals surface area contributed by atoms with Crippen molar-refractivity contribution >= 4 is 68.7 Å². The molecule has 5 aromatic rings. The summed E-state index contributed by atoms with van der Waals surface area (Å²) in [7, 11) is 0. The first-order valence-corrected chi connectivity index (χ1v) is 25.8. The number of anilines is 1. The van der Waals surface area contributed by atoms with E-state index in [4.69, 9.17) is 47.4 Å². The van der Waals surface area contributed by atoms with Crippen molar-refractivity contribution in [3.8, 4) is 17.2 Å². The molecule has 0 spiro atoms. The minimum Gasteiger partial charge on any atom is -0.493 e. The molecule has 2 atom stereocenters. The molecule has 19 nitrogen and oxygen atoms in total. The molecule has 20 heteroatoms. The summed E-state index contributed by atoms with van der Waals surface area (Å²) in [6, 6.07) is 25.7. The average Bonchev–Trinajstić information content (AvgIpc) is 3.89. The van der Waals surface area contributed by atoms with Crippen molar-refractivity contribution in [3.63, 3.8) is 0 Å². The number of para-hydroxylation sites is 1. The number of benzene rings is 4. The van der Waals surface area contributed by atoms with Gasteiger partial charge < -0.3 is 47.4 Å². The van der Waals surface area contributed by atoms with Gasteiger partial charge in [-0.15, -0.1) is 0 Å². The van der Waals surface area contributed by atoms with Gasteiger partial charge in [-0.1, -0.05) is 55.9 Å². The molecular formula is C58H63N3O16S. The van der Waals surface area contributed by atoms with Gasteiger partial charge in [-0.3, -0.25) is 5.43 Å². The van der Waals surface area contributed by atoms with Crippen molar-refractivity contribution in [1.29, 1.82) is 0 Å². The Bertz CT molecular complexity index is 2780. The molecule has 0 aliphatic rings. The second-order valence-electron chi connectivity index (χ2n) is 16.7. The molecule has 0 fully saturated rings. The minimum atomic E-state index is -0.640. The van der Waals surface area contributed by atoms with E-state index >= 15 is 0 Å². The summed E-state index contributed by atoms with van der Waals surface area (Å²) in [5.74, 6) is -2.18. The number of thiazole rings is 1. The lowest BCUT2D eigenvalue weighted by Gasteiger charge is -2.18. The van der Waals surface area contributed by atoms with Crippen LogP contribution in [0.2, 0.25) is 0 Å². The highest BCUT2D eigenvalue weighted by Crippen LogP contribution is 2.26. The summed E-state index contributed by atoms with van der Waals surface area (Å²) in [6.07, 6.45) is 8.07. The number of hydrogen-bond acceptors (Lipinski definition) is 20. The van der Waals surface area contributed by atoms with Gasteiger partial charge in [0, 0.05) is 62.3 Å². The van der Waals surface area contributed by atoms with Gasteiger partial charge in [-0.2, -0.15) is 5.10 Å². The summed E-state index contributed by atoms with van der Waals surface area (Å²) >= 11 is 1.43. The topological polar surface area (TPSA) is 232 Å². The lowest BCUT2D eigenvalue weighted by atomic mass is 10.1. The Balaban J connectivity index is 1.12. The van der Waals surface area contributed by atoms with Gasteiger partial charge >= 0.3 is 35.8 Å². The molecule has 0 amide bonds. The first-order valence-electron chi connectivity index (χ1n) is 25.0. The predicted molar refractivity (Wildman–Crippen MR) is 292 cm³/mol. The van der Waals surface area contributed by atoms with E-state index in [0.717, 1.165) is 40.1 Å². The second-order valence-corrected chi connectivity index (χ2v) is 17.7. The highest BCUT2D eigenvalue weighted by atomic mass is 32.1. The third-order valence-electron chi connectivity index (χ3n) is 10.9. The maximum absolute atomic E-state index is 13.5. The summed E-state index contributed by atoms with van der Waals surface area (Å²) < 4.78 is 56.3. The van der Waals surface area contributed by atoms with Crippen LogP contribution in [0.5, 0.6) is 17.2 Å². The van der Waals surface area contributed by atoms with Gasteiger partial charge in [0.2, 0.25) is 5.13 Å². The number of rotatable bonds is 37. The number of unbranched alkanes of at least 4 members (excludes halogenated alkanes) is 2. The Labute approximate surface area is 456 Å². The summed E-state index contributed by atoms with van der Waals surface area (Å²) in [5, 5.41) is 4.96. The zero-order chi connectivity index (χ0) is 55.7. The fourth-order valence-electron chi connectivity index (χ4n) is 6.80. The second kappa shape index (κ2) is 34.3. The van der Waals surface area contributed by atoms with Crippen molar-refractivity contribution in [2.45, 2.75) is 57.2 Å². The molecule has 0 aliphatic carbocycles. The van der Waals surface area contributed by atoms with Crippen molar-refractivity contribution in [2.24, 2.45) is 5.10 Å². The molecule has 0 saturated heterocycles. The highest BCUT2D eigenvalue weighted by Gasteiger charge is 2.18. The fourth-order valence-corrected chi connectivity index (χ4v) is 7.62. The Morgan fingerprint density at radius 2 is 1.10 bits per heavy atom. The molecule has 0 radical (unpaired) electrons. The van der Waals surface area contributed by atoms with E-state index in [2.05, 4.69) is 41.8 Å². The van der Waals surface area contributed by atoms with E-state index in [1.165, 1.54) is 17.6 Å². The van der Waals surface area contributed by atoms with Crippen LogP contribution in [0, 0.1) is 0 Å². The van der Waals surface area contributed by atoms with Crippen molar-refractivity contribution in [3.05, 3.63) is 164 Å². The number of nitrogens with zero attached hydrogens (tertiary/aromatic N) is 2. The molecule has 0 saturated carbocycles. The van der Waals surface area contributed by atoms with Gasteiger partial charge in [0.25, 0.3) is 0 Å². The van der Waals surface area contributed by atoms with E-state index in [1.54, 1.807) is 66.7 Å². The Kier molecular flexibility index (Phi) is 26.5. The zero-order valence-corrected chi connectivity index (χ0v) is 44.0. The standard InChI is InChI=1S/C58H63N3O16S/c1-5-52(62)72-32-13-11-30-68-39-47(75-54(64)7-3)28-35-70-45-22-18-42(19-23-45)56(66)74-34-27-41-17-26-50(44(37-41)38-59-61-58-60-49-15-9-10-16-51(49)78-58)77-57(67)43-20-24-46(25-21-43)71-36-29-48(76-55(65)8-4)40-69-31-12-14-33-73-53(63)6-2/h5-10,15-26,37-38,47-48H,1-4,11-14,27-36,39-40H2,(H,60,61)/b59-38+. The monoisotopic (exact) mass is 1090 g/mol. The smallest absolute Gasteiger partial charge is 0.343 e. The Hall–Kier alpha value is -8.46. The van der Waals surface area contributed by atoms with E-state index in [1.807, 2.05) is 24.3 Å². The van der Waals surface area contributed by atoms with E-state index in [0.29, 0.717) is 85.9 Å². The maximum atomic E-state index is 13.5. The predicted octanol–water partition coefficient (Wildman–Crippen LogP) is 9.15. The highest BCUT2D eigenvalue weighted by molar-refractivity contribution is 7.22. The number of hydrogen-bond donors (Lipinski definition) is 1. The normalized spacial score (nSPS) is 11.6. The third kappa shape index (κ3) is 22.4. The number of nitrogens with one attached hydrogen (secondary N) is 1. The van der Waals surface area contributed by atoms with E-state index in [-0.39, 0.29) is 57.6 Å². The SMILES string of the molecule is C=CC(=O)OCCCCOCC(CCOc1ccc(C(=O)OCCc2ccc(OC(=O)c3ccc(OCCC(COCCCCOC(=O)C=C)OC(=O)C=C)cc3)c(/C=N/Nc3nc4ccccc4s3)c2)cc1)OC(=O)C=C. The number of hydrazone groups is 1. The van der Waals surface area contributed by atoms with Crippen molar-refractivity contribution in [1.82, 2.24) is 4.98 Å². The van der Waals surface area contributed by atoms with Gasteiger partial charge in [0.1, 0.15) is 29.5 Å². The quantitative estimate of drug-likeness (QED) is 0.00743. The van der Waals surface area contributed by atoms with Crippen LogP contribution in [0.3, 0.4) is 0 Å². The Morgan fingerprint density at radius 3 is 1.64 bits per heavy atom. The summed E-state index contributed by atoms with van der Waals surface area (Å²) in [5.41, 5.74) is 5.55. The average molecular weight is 1090 g/mol. The van der Waals surface area contributed by atoms with Crippen molar-refractivity contribution < 1.29 is 76.1 Å². The molecule has 78 heavy (non-hydrogen) atoms. The third-order valence-corrected chi connectivity index (χ3v) is 11.8. The van der Waals surface area contributed by atoms with Crippen LogP contribution in [-0.2, 0) is 58.8 Å².